The zero-order valence-corrected chi connectivity index (χ0v) is 11.7. The van der Waals surface area contributed by atoms with Crippen molar-refractivity contribution in [1.82, 2.24) is 0 Å². The Hall–Kier alpha value is -1.71. The first-order valence-electron chi connectivity index (χ1n) is 5.60. The minimum atomic E-state index is -0.322. The molecule has 0 spiro atoms. The second-order valence-electron chi connectivity index (χ2n) is 4.16. The summed E-state index contributed by atoms with van der Waals surface area (Å²) >= 11 is 12.0. The van der Waals surface area contributed by atoms with Crippen LogP contribution in [-0.2, 0) is 0 Å². The van der Waals surface area contributed by atoms with Gasteiger partial charge in [0.1, 0.15) is 0 Å². The molecule has 0 radical (unpaired) electrons. The van der Waals surface area contributed by atoms with Crippen LogP contribution < -0.4 is 11.1 Å². The Morgan fingerprint density at radius 1 is 1.11 bits per heavy atom. The van der Waals surface area contributed by atoms with Gasteiger partial charge < -0.3 is 11.1 Å². The first-order valence-corrected chi connectivity index (χ1v) is 6.35. The Balaban J connectivity index is 2.25. The minimum absolute atomic E-state index is 0.322. The number of hydrogen-bond donors (Lipinski definition) is 2. The average molecular weight is 295 g/mol. The van der Waals surface area contributed by atoms with Crippen LogP contribution in [0.2, 0.25) is 10.0 Å². The van der Waals surface area contributed by atoms with Gasteiger partial charge in [0.15, 0.2) is 0 Å². The van der Waals surface area contributed by atoms with Crippen LogP contribution in [-0.4, -0.2) is 5.91 Å². The van der Waals surface area contributed by atoms with E-state index in [1.165, 1.54) is 6.07 Å². The number of carbonyl (C=O) groups excluding carboxylic acids is 1. The first kappa shape index (κ1) is 13.7. The standard InChI is InChI=1S/C14H12Cl2N2O/c1-8-2-4-10(7-13(8)16)18-14(19)11-6-9(17)3-5-12(11)15/h2-7H,17H2,1H3,(H,18,19). The molecule has 1 amide bonds. The summed E-state index contributed by atoms with van der Waals surface area (Å²) in [6.45, 7) is 1.89. The number of halogens is 2. The molecule has 98 valence electrons. The Kier molecular flexibility index (Phi) is 3.98. The Morgan fingerprint density at radius 2 is 1.84 bits per heavy atom. The first-order chi connectivity index (χ1) is 8.97. The normalized spacial score (nSPS) is 10.3. The lowest BCUT2D eigenvalue weighted by atomic mass is 10.1. The lowest BCUT2D eigenvalue weighted by Crippen LogP contribution is -2.12. The number of benzene rings is 2. The predicted octanol–water partition coefficient (Wildman–Crippen LogP) is 4.14. The van der Waals surface area contributed by atoms with E-state index in [1.807, 2.05) is 13.0 Å². The van der Waals surface area contributed by atoms with Crippen LogP contribution >= 0.6 is 23.2 Å². The van der Waals surface area contributed by atoms with E-state index in [1.54, 1.807) is 24.3 Å². The van der Waals surface area contributed by atoms with E-state index in [2.05, 4.69) is 5.32 Å². The van der Waals surface area contributed by atoms with Crippen LogP contribution in [0.15, 0.2) is 36.4 Å². The molecule has 3 nitrogen and oxygen atoms in total. The third kappa shape index (κ3) is 3.19. The molecule has 0 saturated heterocycles. The van der Waals surface area contributed by atoms with E-state index in [0.717, 1.165) is 5.56 Å². The molecule has 0 aliphatic heterocycles. The minimum Gasteiger partial charge on any atom is -0.399 e. The number of aryl methyl sites for hydroxylation is 1. The quantitative estimate of drug-likeness (QED) is 0.818. The fraction of sp³-hybridized carbons (Fsp3) is 0.0714. The van der Waals surface area contributed by atoms with Crippen molar-refractivity contribution in [1.29, 1.82) is 0 Å². The molecular weight excluding hydrogens is 283 g/mol. The molecular formula is C14H12Cl2N2O. The van der Waals surface area contributed by atoms with Crippen molar-refractivity contribution in [2.45, 2.75) is 6.92 Å². The number of nitrogens with two attached hydrogens (primary N) is 1. The van der Waals surface area contributed by atoms with E-state index >= 15 is 0 Å². The number of amides is 1. The monoisotopic (exact) mass is 294 g/mol. The Labute approximate surface area is 121 Å². The lowest BCUT2D eigenvalue weighted by molar-refractivity contribution is 0.102. The van der Waals surface area contributed by atoms with E-state index in [4.69, 9.17) is 28.9 Å². The molecule has 5 heteroatoms. The van der Waals surface area contributed by atoms with Crippen molar-refractivity contribution in [2.24, 2.45) is 0 Å². The highest BCUT2D eigenvalue weighted by atomic mass is 35.5. The highest BCUT2D eigenvalue weighted by Crippen LogP contribution is 2.23. The molecule has 3 N–H and O–H groups in total. The predicted molar refractivity (Wildman–Crippen MR) is 80.0 cm³/mol. The summed E-state index contributed by atoms with van der Waals surface area (Å²) < 4.78 is 0. The maximum atomic E-state index is 12.1. The van der Waals surface area contributed by atoms with Crippen molar-refractivity contribution in [3.63, 3.8) is 0 Å². The highest BCUT2D eigenvalue weighted by molar-refractivity contribution is 6.34. The molecule has 0 aliphatic carbocycles. The number of hydrogen-bond acceptors (Lipinski definition) is 2. The van der Waals surface area contributed by atoms with Gasteiger partial charge in [0, 0.05) is 16.4 Å². The smallest absolute Gasteiger partial charge is 0.257 e. The van der Waals surface area contributed by atoms with Crippen molar-refractivity contribution < 1.29 is 4.79 Å². The van der Waals surface area contributed by atoms with Gasteiger partial charge in [-0.2, -0.15) is 0 Å². The van der Waals surface area contributed by atoms with E-state index < -0.39 is 0 Å². The number of carbonyl (C=O) groups is 1. The van der Waals surface area contributed by atoms with Crippen molar-refractivity contribution >= 4 is 40.5 Å². The van der Waals surface area contributed by atoms with Gasteiger partial charge in [-0.3, -0.25) is 4.79 Å². The summed E-state index contributed by atoms with van der Waals surface area (Å²) in [7, 11) is 0. The van der Waals surface area contributed by atoms with Gasteiger partial charge in [-0.25, -0.2) is 0 Å². The van der Waals surface area contributed by atoms with E-state index in [9.17, 15) is 4.79 Å². The fourth-order valence-electron chi connectivity index (χ4n) is 1.59. The molecule has 2 aromatic rings. The fourth-order valence-corrected chi connectivity index (χ4v) is 1.97. The molecule has 0 heterocycles. The number of rotatable bonds is 2. The maximum Gasteiger partial charge on any atom is 0.257 e. The van der Waals surface area contributed by atoms with Gasteiger partial charge >= 0.3 is 0 Å². The summed E-state index contributed by atoms with van der Waals surface area (Å²) in [5, 5.41) is 3.68. The molecule has 0 fully saturated rings. The second-order valence-corrected chi connectivity index (χ2v) is 4.97. The summed E-state index contributed by atoms with van der Waals surface area (Å²) in [5.41, 5.74) is 8.01. The molecule has 2 rings (SSSR count). The van der Waals surface area contributed by atoms with Crippen molar-refractivity contribution in [3.05, 3.63) is 57.6 Å². The third-order valence-electron chi connectivity index (χ3n) is 2.66. The van der Waals surface area contributed by atoms with Crippen LogP contribution in [0.25, 0.3) is 0 Å². The summed E-state index contributed by atoms with van der Waals surface area (Å²) in [5.74, 6) is -0.322. The van der Waals surface area contributed by atoms with E-state index in [0.29, 0.717) is 27.0 Å². The average Bonchev–Trinajstić information content (AvgIpc) is 2.36. The zero-order chi connectivity index (χ0) is 14.0. The van der Waals surface area contributed by atoms with Crippen LogP contribution in [0.5, 0.6) is 0 Å². The molecule has 0 saturated carbocycles. The highest BCUT2D eigenvalue weighted by Gasteiger charge is 2.11. The molecule has 0 unspecified atom stereocenters. The van der Waals surface area contributed by atoms with Crippen LogP contribution in [0.1, 0.15) is 15.9 Å². The summed E-state index contributed by atoms with van der Waals surface area (Å²) in [6.07, 6.45) is 0. The van der Waals surface area contributed by atoms with Gasteiger partial charge in [0.2, 0.25) is 0 Å². The molecule has 0 aromatic heterocycles. The van der Waals surface area contributed by atoms with Gasteiger partial charge in [-0.15, -0.1) is 0 Å². The lowest BCUT2D eigenvalue weighted by Gasteiger charge is -2.08. The van der Waals surface area contributed by atoms with Crippen molar-refractivity contribution in [3.8, 4) is 0 Å². The number of nitrogens with one attached hydrogen (secondary N) is 1. The molecule has 19 heavy (non-hydrogen) atoms. The Bertz CT molecular complexity index is 641. The number of anilines is 2. The largest absolute Gasteiger partial charge is 0.399 e. The maximum absolute atomic E-state index is 12.1. The zero-order valence-electron chi connectivity index (χ0n) is 10.2. The second kappa shape index (κ2) is 5.51. The van der Waals surface area contributed by atoms with Crippen molar-refractivity contribution in [2.75, 3.05) is 11.1 Å². The Morgan fingerprint density at radius 3 is 2.53 bits per heavy atom. The van der Waals surface area contributed by atoms with Gasteiger partial charge in [-0.1, -0.05) is 29.3 Å². The third-order valence-corrected chi connectivity index (χ3v) is 3.40. The molecule has 0 atom stereocenters. The van der Waals surface area contributed by atoms with Gasteiger partial charge in [0.05, 0.1) is 10.6 Å². The SMILES string of the molecule is Cc1ccc(NC(=O)c2cc(N)ccc2Cl)cc1Cl. The van der Waals surface area contributed by atoms with Crippen LogP contribution in [0.4, 0.5) is 11.4 Å². The molecule has 2 aromatic carbocycles. The van der Waals surface area contributed by atoms with Gasteiger partial charge in [0.25, 0.3) is 5.91 Å². The van der Waals surface area contributed by atoms with Crippen LogP contribution in [0, 0.1) is 6.92 Å². The molecule has 0 aliphatic rings. The molecule has 0 bridgehead atoms. The van der Waals surface area contributed by atoms with Crippen LogP contribution in [0.3, 0.4) is 0 Å². The van der Waals surface area contributed by atoms with E-state index in [-0.39, 0.29) is 5.91 Å². The topological polar surface area (TPSA) is 55.1 Å². The van der Waals surface area contributed by atoms with Gasteiger partial charge in [-0.05, 0) is 42.8 Å². The summed E-state index contributed by atoms with van der Waals surface area (Å²) in [6, 6.07) is 10.1. The number of nitrogen functional groups attached to an aromatic ring is 1. The summed E-state index contributed by atoms with van der Waals surface area (Å²) in [4.78, 5) is 12.1.